The molecule has 0 aromatic heterocycles. The maximum absolute atomic E-state index is 4.61. The van der Waals surface area contributed by atoms with E-state index < -0.39 is 0 Å². The van der Waals surface area contributed by atoms with Crippen molar-refractivity contribution < 1.29 is 0 Å². The van der Waals surface area contributed by atoms with Crippen molar-refractivity contribution in [1.82, 2.24) is 0 Å². The Morgan fingerprint density at radius 2 is 0.964 bits per heavy atom. The molecule has 0 atom stereocenters. The van der Waals surface area contributed by atoms with Crippen molar-refractivity contribution in [3.05, 3.63) is 119 Å². The van der Waals surface area contributed by atoms with Crippen LogP contribution in [0.25, 0.3) is 0 Å². The zero-order valence-electron chi connectivity index (χ0n) is 15.0. The fraction of sp³-hybridized carbons (Fsp3) is 0.0400. The molecular formula is C25H18S3. The van der Waals surface area contributed by atoms with Crippen molar-refractivity contribution in [3.63, 3.8) is 0 Å². The lowest BCUT2D eigenvalue weighted by Crippen LogP contribution is -2.34. The van der Waals surface area contributed by atoms with Crippen LogP contribution < -0.4 is 0 Å². The summed E-state index contributed by atoms with van der Waals surface area (Å²) in [7, 11) is 0. The SMILES string of the molecule is Sc1ccc2c(c1)Sc1cc(S)ccc1C2(c1ccccc1)c1ccccc1. The Bertz CT molecular complexity index is 1060. The maximum Gasteiger partial charge on any atom is 0.0723 e. The molecule has 0 fully saturated rings. The van der Waals surface area contributed by atoms with Crippen molar-refractivity contribution in [2.45, 2.75) is 25.0 Å². The van der Waals surface area contributed by atoms with Crippen LogP contribution in [0.1, 0.15) is 22.3 Å². The van der Waals surface area contributed by atoms with E-state index in [0.717, 1.165) is 9.79 Å². The third-order valence-corrected chi connectivity index (χ3v) is 7.04. The van der Waals surface area contributed by atoms with Crippen molar-refractivity contribution in [2.75, 3.05) is 0 Å². The summed E-state index contributed by atoms with van der Waals surface area (Å²) in [5, 5.41) is 0. The van der Waals surface area contributed by atoms with E-state index in [9.17, 15) is 0 Å². The van der Waals surface area contributed by atoms with E-state index in [1.165, 1.54) is 32.0 Å². The highest BCUT2D eigenvalue weighted by molar-refractivity contribution is 7.99. The number of hydrogen-bond donors (Lipinski definition) is 2. The average Bonchev–Trinajstić information content (AvgIpc) is 2.73. The first-order valence-electron chi connectivity index (χ1n) is 9.15. The van der Waals surface area contributed by atoms with E-state index in [1.807, 2.05) is 0 Å². The monoisotopic (exact) mass is 414 g/mol. The molecule has 28 heavy (non-hydrogen) atoms. The van der Waals surface area contributed by atoms with Crippen LogP contribution in [0.4, 0.5) is 0 Å². The van der Waals surface area contributed by atoms with Crippen LogP contribution in [-0.2, 0) is 5.41 Å². The molecule has 4 aromatic carbocycles. The Labute approximate surface area is 180 Å². The van der Waals surface area contributed by atoms with Gasteiger partial charge in [0.2, 0.25) is 0 Å². The van der Waals surface area contributed by atoms with E-state index in [1.54, 1.807) is 11.8 Å². The highest BCUT2D eigenvalue weighted by Gasteiger charge is 2.44. The molecule has 0 unspecified atom stereocenters. The Morgan fingerprint density at radius 3 is 1.39 bits per heavy atom. The summed E-state index contributed by atoms with van der Waals surface area (Å²) < 4.78 is 0. The van der Waals surface area contributed by atoms with Crippen molar-refractivity contribution in [2.24, 2.45) is 0 Å². The van der Waals surface area contributed by atoms with Crippen LogP contribution in [0.2, 0.25) is 0 Å². The number of benzene rings is 4. The van der Waals surface area contributed by atoms with E-state index in [-0.39, 0.29) is 5.41 Å². The first-order chi connectivity index (χ1) is 13.7. The molecule has 5 rings (SSSR count). The van der Waals surface area contributed by atoms with Gasteiger partial charge in [-0.25, -0.2) is 0 Å². The second-order valence-electron chi connectivity index (χ2n) is 6.95. The molecule has 0 spiro atoms. The summed E-state index contributed by atoms with van der Waals surface area (Å²) in [6.45, 7) is 0. The molecule has 0 nitrogen and oxygen atoms in total. The summed E-state index contributed by atoms with van der Waals surface area (Å²) in [4.78, 5) is 4.44. The van der Waals surface area contributed by atoms with Gasteiger partial charge in [0.1, 0.15) is 0 Å². The van der Waals surface area contributed by atoms with E-state index in [4.69, 9.17) is 0 Å². The predicted octanol–water partition coefficient (Wildman–Crippen LogP) is 7.11. The van der Waals surface area contributed by atoms with Crippen molar-refractivity contribution in [1.29, 1.82) is 0 Å². The minimum Gasteiger partial charge on any atom is -0.143 e. The predicted molar refractivity (Wildman–Crippen MR) is 123 cm³/mol. The van der Waals surface area contributed by atoms with Gasteiger partial charge in [0.15, 0.2) is 0 Å². The van der Waals surface area contributed by atoms with Gasteiger partial charge in [-0.15, -0.1) is 25.3 Å². The summed E-state index contributed by atoms with van der Waals surface area (Å²) in [6.07, 6.45) is 0. The summed E-state index contributed by atoms with van der Waals surface area (Å²) >= 11 is 11.0. The van der Waals surface area contributed by atoms with Crippen LogP contribution in [0.15, 0.2) is 117 Å². The summed E-state index contributed by atoms with van der Waals surface area (Å²) in [6, 6.07) is 34.6. The molecule has 0 aliphatic carbocycles. The zero-order chi connectivity index (χ0) is 19.1. The van der Waals surface area contributed by atoms with Gasteiger partial charge >= 0.3 is 0 Å². The first-order valence-corrected chi connectivity index (χ1v) is 10.9. The van der Waals surface area contributed by atoms with Crippen LogP contribution in [0.5, 0.6) is 0 Å². The summed E-state index contributed by atoms with van der Waals surface area (Å²) in [5.74, 6) is 0. The third kappa shape index (κ3) is 2.73. The largest absolute Gasteiger partial charge is 0.143 e. The Morgan fingerprint density at radius 1 is 0.536 bits per heavy atom. The van der Waals surface area contributed by atoms with Crippen LogP contribution >= 0.6 is 37.0 Å². The fourth-order valence-corrected chi connectivity index (χ4v) is 6.09. The molecule has 0 bridgehead atoms. The highest BCUT2D eigenvalue weighted by atomic mass is 32.2. The minimum atomic E-state index is -0.374. The maximum atomic E-state index is 4.61. The van der Waals surface area contributed by atoms with E-state index in [2.05, 4.69) is 122 Å². The third-order valence-electron chi connectivity index (χ3n) is 5.37. The highest BCUT2D eigenvalue weighted by Crippen LogP contribution is 2.56. The van der Waals surface area contributed by atoms with Gasteiger partial charge in [-0.1, -0.05) is 84.6 Å². The molecule has 1 heterocycles. The molecule has 3 heteroatoms. The van der Waals surface area contributed by atoms with Crippen LogP contribution in [0.3, 0.4) is 0 Å². The van der Waals surface area contributed by atoms with Crippen LogP contribution in [0, 0.1) is 0 Å². The topological polar surface area (TPSA) is 0 Å². The van der Waals surface area contributed by atoms with Gasteiger partial charge in [-0.05, 0) is 46.5 Å². The van der Waals surface area contributed by atoms with Crippen LogP contribution in [-0.4, -0.2) is 0 Å². The molecule has 0 saturated heterocycles. The molecule has 1 aliphatic heterocycles. The number of rotatable bonds is 2. The molecule has 0 saturated carbocycles. The molecule has 136 valence electrons. The van der Waals surface area contributed by atoms with Gasteiger partial charge in [0.05, 0.1) is 5.41 Å². The first kappa shape index (κ1) is 18.0. The Balaban J connectivity index is 1.97. The average molecular weight is 415 g/mol. The molecule has 1 aliphatic rings. The van der Waals surface area contributed by atoms with E-state index in [0.29, 0.717) is 0 Å². The van der Waals surface area contributed by atoms with Gasteiger partial charge in [-0.3, -0.25) is 0 Å². The lowest BCUT2D eigenvalue weighted by atomic mass is 9.65. The standard InChI is InChI=1S/C25H18S3/c26-19-11-13-21-23(15-19)28-24-16-20(27)12-14-22(24)25(21,17-7-3-1-4-8-17)18-9-5-2-6-10-18/h1-16,26-27H. The quantitative estimate of drug-likeness (QED) is 0.290. The van der Waals surface area contributed by atoms with Gasteiger partial charge < -0.3 is 0 Å². The number of hydrogen-bond acceptors (Lipinski definition) is 3. The van der Waals surface area contributed by atoms with Gasteiger partial charge in [0, 0.05) is 19.6 Å². The molecule has 0 radical (unpaired) electrons. The van der Waals surface area contributed by atoms with E-state index >= 15 is 0 Å². The molecular weight excluding hydrogens is 396 g/mol. The second kappa shape index (κ2) is 7.07. The Kier molecular flexibility index (Phi) is 4.54. The minimum absolute atomic E-state index is 0.374. The lowest BCUT2D eigenvalue weighted by molar-refractivity contribution is 0.699. The van der Waals surface area contributed by atoms with Gasteiger partial charge in [0.25, 0.3) is 0 Å². The lowest BCUT2D eigenvalue weighted by Gasteiger charge is -2.42. The second-order valence-corrected chi connectivity index (χ2v) is 9.06. The summed E-state index contributed by atoms with van der Waals surface area (Å²) in [5.41, 5.74) is 4.76. The van der Waals surface area contributed by atoms with Crippen molar-refractivity contribution >= 4 is 37.0 Å². The molecule has 4 aromatic rings. The number of fused-ring (bicyclic) bond motifs is 2. The normalized spacial score (nSPS) is 14.2. The number of thiol groups is 2. The smallest absolute Gasteiger partial charge is 0.0723 e. The Hall–Kier alpha value is -2.07. The fourth-order valence-electron chi connectivity index (χ4n) is 4.24. The molecule has 0 amide bonds. The zero-order valence-corrected chi connectivity index (χ0v) is 17.6. The molecule has 0 N–H and O–H groups in total. The van der Waals surface area contributed by atoms with Gasteiger partial charge in [-0.2, -0.15) is 0 Å². The van der Waals surface area contributed by atoms with Crippen molar-refractivity contribution in [3.8, 4) is 0 Å².